The predicted octanol–water partition coefficient (Wildman–Crippen LogP) is 5.72. The van der Waals surface area contributed by atoms with Crippen LogP contribution in [0, 0.1) is 0 Å². The van der Waals surface area contributed by atoms with Crippen LogP contribution in [0.1, 0.15) is 28.4 Å². The Morgan fingerprint density at radius 1 is 0.720 bits per heavy atom. The number of benzene rings is 3. The summed E-state index contributed by atoms with van der Waals surface area (Å²) in [4.78, 5) is 15.8. The van der Waals surface area contributed by atoms with E-state index in [0.717, 1.165) is 22.4 Å². The minimum Gasteiger partial charge on any atom is -0.295 e. The van der Waals surface area contributed by atoms with Gasteiger partial charge < -0.3 is 0 Å². The Morgan fingerprint density at radius 2 is 1.24 bits per heavy atom. The normalized spacial score (nSPS) is 10.6. The molecule has 0 aliphatic rings. The van der Waals surface area contributed by atoms with E-state index in [-0.39, 0.29) is 5.78 Å². The molecular weight excluding hydrogens is 306 g/mol. The summed E-state index contributed by atoms with van der Waals surface area (Å²) in [6.45, 7) is 1.56. The zero-order chi connectivity index (χ0) is 17.5. The summed E-state index contributed by atoms with van der Waals surface area (Å²) in [5.41, 5.74) is 4.93. The Labute approximate surface area is 148 Å². The van der Waals surface area contributed by atoms with E-state index in [2.05, 4.69) is 29.3 Å². The van der Waals surface area contributed by atoms with Crippen LogP contribution < -0.4 is 0 Å². The van der Waals surface area contributed by atoms with Gasteiger partial charge in [0.15, 0.2) is 5.78 Å². The summed E-state index contributed by atoms with van der Waals surface area (Å²) < 4.78 is 0. The standard InChI is InChI=1S/C23H19NO/c1-18(25)19-12-14-22(15-13-19)24-17-16-23(20-8-4-2-5-9-20)21-10-6-3-7-11-21/h2-17H,1H3. The molecule has 0 aliphatic carbocycles. The smallest absolute Gasteiger partial charge is 0.159 e. The van der Waals surface area contributed by atoms with Crippen molar-refractivity contribution in [3.05, 3.63) is 108 Å². The minimum atomic E-state index is 0.0610. The van der Waals surface area contributed by atoms with Crippen LogP contribution in [-0.2, 0) is 0 Å². The molecule has 0 radical (unpaired) electrons. The van der Waals surface area contributed by atoms with Crippen molar-refractivity contribution < 1.29 is 4.79 Å². The maximum atomic E-state index is 11.3. The van der Waals surface area contributed by atoms with Gasteiger partial charge in [0.2, 0.25) is 0 Å². The maximum Gasteiger partial charge on any atom is 0.159 e. The molecule has 122 valence electrons. The van der Waals surface area contributed by atoms with Crippen LogP contribution in [0.25, 0.3) is 5.57 Å². The number of allylic oxidation sites excluding steroid dienone is 1. The maximum absolute atomic E-state index is 11.3. The molecule has 0 atom stereocenters. The van der Waals surface area contributed by atoms with Gasteiger partial charge in [-0.25, -0.2) is 0 Å². The van der Waals surface area contributed by atoms with E-state index in [1.165, 1.54) is 0 Å². The van der Waals surface area contributed by atoms with E-state index in [0.29, 0.717) is 5.56 Å². The van der Waals surface area contributed by atoms with E-state index in [4.69, 9.17) is 0 Å². The first-order chi connectivity index (χ1) is 12.2. The molecule has 0 saturated carbocycles. The quantitative estimate of drug-likeness (QED) is 0.435. The van der Waals surface area contributed by atoms with E-state index in [1.54, 1.807) is 25.3 Å². The average Bonchev–Trinajstić information content (AvgIpc) is 2.67. The number of nitrogens with zero attached hydrogens (tertiary/aromatic N) is 1. The summed E-state index contributed by atoms with van der Waals surface area (Å²) in [6.07, 6.45) is 3.82. The lowest BCUT2D eigenvalue weighted by atomic mass is 9.98. The van der Waals surface area contributed by atoms with Crippen molar-refractivity contribution in [1.82, 2.24) is 0 Å². The van der Waals surface area contributed by atoms with Crippen LogP contribution in [0.3, 0.4) is 0 Å². The number of carbonyl (C=O) groups is 1. The summed E-state index contributed by atoms with van der Waals surface area (Å²) in [5, 5.41) is 0. The molecular formula is C23H19NO. The number of ketones is 1. The molecule has 0 N–H and O–H groups in total. The van der Waals surface area contributed by atoms with Gasteiger partial charge in [0.05, 0.1) is 5.69 Å². The zero-order valence-corrected chi connectivity index (χ0v) is 14.1. The van der Waals surface area contributed by atoms with Crippen molar-refractivity contribution in [2.24, 2.45) is 4.99 Å². The molecule has 3 rings (SSSR count). The molecule has 0 bridgehead atoms. The van der Waals surface area contributed by atoms with Crippen LogP contribution in [0.2, 0.25) is 0 Å². The Kier molecular flexibility index (Phi) is 5.32. The number of aliphatic imine (C=N–C) groups is 1. The molecule has 0 aromatic heterocycles. The SMILES string of the molecule is CC(=O)c1ccc(N=CC=C(c2ccccc2)c2ccccc2)cc1. The van der Waals surface area contributed by atoms with Crippen molar-refractivity contribution in [1.29, 1.82) is 0 Å². The molecule has 3 aromatic rings. The van der Waals surface area contributed by atoms with Crippen LogP contribution in [0.5, 0.6) is 0 Å². The van der Waals surface area contributed by atoms with Gasteiger partial charge in [-0.15, -0.1) is 0 Å². The number of hydrogen-bond donors (Lipinski definition) is 0. The lowest BCUT2D eigenvalue weighted by Crippen LogP contribution is -1.89. The van der Waals surface area contributed by atoms with Gasteiger partial charge in [-0.2, -0.15) is 0 Å². The van der Waals surface area contributed by atoms with Crippen LogP contribution >= 0.6 is 0 Å². The van der Waals surface area contributed by atoms with Gasteiger partial charge in [0.1, 0.15) is 0 Å². The second-order valence-electron chi connectivity index (χ2n) is 5.69. The highest BCUT2D eigenvalue weighted by Gasteiger charge is 2.03. The van der Waals surface area contributed by atoms with Gasteiger partial charge in [-0.3, -0.25) is 9.79 Å². The Balaban J connectivity index is 1.90. The Hall–Kier alpha value is -3.26. The number of Topliss-reactive ketones (excluding diaryl/α,β-unsaturated/α-hetero) is 1. The van der Waals surface area contributed by atoms with Crippen LogP contribution in [0.4, 0.5) is 5.69 Å². The zero-order valence-electron chi connectivity index (χ0n) is 14.1. The largest absolute Gasteiger partial charge is 0.295 e. The molecule has 2 heteroatoms. The number of carbonyl (C=O) groups excluding carboxylic acids is 1. The number of hydrogen-bond acceptors (Lipinski definition) is 2. The first-order valence-electron chi connectivity index (χ1n) is 8.20. The lowest BCUT2D eigenvalue weighted by Gasteiger charge is -2.07. The van der Waals surface area contributed by atoms with E-state index < -0.39 is 0 Å². The van der Waals surface area contributed by atoms with Gasteiger partial charge >= 0.3 is 0 Å². The molecule has 2 nitrogen and oxygen atoms in total. The van der Waals surface area contributed by atoms with Crippen LogP contribution in [0.15, 0.2) is 96.0 Å². The minimum absolute atomic E-state index is 0.0610. The molecule has 25 heavy (non-hydrogen) atoms. The predicted molar refractivity (Wildman–Crippen MR) is 105 cm³/mol. The average molecular weight is 325 g/mol. The third-order valence-electron chi connectivity index (χ3n) is 3.91. The van der Waals surface area contributed by atoms with E-state index in [9.17, 15) is 4.79 Å². The van der Waals surface area contributed by atoms with Crippen molar-refractivity contribution in [2.45, 2.75) is 6.92 Å². The fraction of sp³-hybridized carbons (Fsp3) is 0.0435. The van der Waals surface area contributed by atoms with E-state index >= 15 is 0 Å². The van der Waals surface area contributed by atoms with Gasteiger partial charge in [0, 0.05) is 11.8 Å². The van der Waals surface area contributed by atoms with Crippen LogP contribution in [-0.4, -0.2) is 12.0 Å². The van der Waals surface area contributed by atoms with Crippen molar-refractivity contribution in [3.63, 3.8) is 0 Å². The highest BCUT2D eigenvalue weighted by atomic mass is 16.1. The highest BCUT2D eigenvalue weighted by molar-refractivity contribution is 5.95. The molecule has 0 heterocycles. The molecule has 0 aliphatic heterocycles. The fourth-order valence-corrected chi connectivity index (χ4v) is 2.57. The molecule has 0 saturated heterocycles. The third kappa shape index (κ3) is 4.39. The lowest BCUT2D eigenvalue weighted by molar-refractivity contribution is 0.101. The van der Waals surface area contributed by atoms with Crippen molar-refractivity contribution in [2.75, 3.05) is 0 Å². The third-order valence-corrected chi connectivity index (χ3v) is 3.91. The van der Waals surface area contributed by atoms with Gasteiger partial charge in [-0.05, 0) is 54.0 Å². The van der Waals surface area contributed by atoms with Gasteiger partial charge in [-0.1, -0.05) is 60.7 Å². The van der Waals surface area contributed by atoms with E-state index in [1.807, 2.05) is 54.6 Å². The molecule has 0 unspecified atom stereocenters. The van der Waals surface area contributed by atoms with Gasteiger partial charge in [0.25, 0.3) is 0 Å². The topological polar surface area (TPSA) is 29.4 Å². The summed E-state index contributed by atoms with van der Waals surface area (Å²) in [5.74, 6) is 0.0610. The van der Waals surface area contributed by atoms with Crippen molar-refractivity contribution in [3.8, 4) is 0 Å². The second-order valence-corrected chi connectivity index (χ2v) is 5.69. The Bertz CT molecular complexity index is 850. The first-order valence-corrected chi connectivity index (χ1v) is 8.20. The summed E-state index contributed by atoms with van der Waals surface area (Å²) in [7, 11) is 0. The Morgan fingerprint density at radius 3 is 1.72 bits per heavy atom. The summed E-state index contributed by atoms with van der Waals surface area (Å²) >= 11 is 0. The number of rotatable bonds is 5. The molecule has 0 amide bonds. The molecule has 0 fully saturated rings. The summed E-state index contributed by atoms with van der Waals surface area (Å²) in [6, 6.07) is 27.8. The van der Waals surface area contributed by atoms with Crippen molar-refractivity contribution >= 4 is 23.3 Å². The molecule has 3 aromatic carbocycles. The second kappa shape index (κ2) is 8.02. The molecule has 0 spiro atoms. The fourth-order valence-electron chi connectivity index (χ4n) is 2.57. The highest BCUT2D eigenvalue weighted by Crippen LogP contribution is 2.22. The monoisotopic (exact) mass is 325 g/mol. The first kappa shape index (κ1) is 16.6.